The van der Waals surface area contributed by atoms with Crippen molar-refractivity contribution in [2.45, 2.75) is 77.5 Å². The van der Waals surface area contributed by atoms with Crippen molar-refractivity contribution in [1.82, 2.24) is 15.1 Å². The average Bonchev–Trinajstić information content (AvgIpc) is 3.61. The molecule has 2 aliphatic carbocycles. The van der Waals surface area contributed by atoms with E-state index in [-0.39, 0.29) is 30.2 Å². The SMILES string of the molecule is CC1(C)CCC(CN2C[C@H]3CC(Oc4ccc5c(c4)CN(C4CCC(=O)NC4=O)C5=O)C[C@@H]3C2)=C(c2ccc(Cl)cc2)C1. The maximum absolute atomic E-state index is 13.0. The molecule has 2 aromatic carbocycles. The third-order valence-electron chi connectivity index (χ3n) is 10.4. The third kappa shape index (κ3) is 5.74. The molecule has 7 rings (SSSR count). The minimum Gasteiger partial charge on any atom is -0.490 e. The first kappa shape index (κ1) is 28.6. The number of nitrogens with one attached hydrogen (secondary N) is 1. The highest BCUT2D eigenvalue weighted by molar-refractivity contribution is 6.30. The lowest BCUT2D eigenvalue weighted by Gasteiger charge is -2.35. The van der Waals surface area contributed by atoms with Gasteiger partial charge in [-0.3, -0.25) is 24.6 Å². The molecule has 1 N–H and O–H groups in total. The van der Waals surface area contributed by atoms with Crippen LogP contribution in [-0.2, 0) is 16.1 Å². The molecule has 5 aliphatic rings. The Bertz CT molecular complexity index is 1480. The van der Waals surface area contributed by atoms with Gasteiger partial charge in [0.05, 0.1) is 6.10 Å². The fourth-order valence-electron chi connectivity index (χ4n) is 8.12. The second-order valence-corrected chi connectivity index (χ2v) is 14.5. The Hall–Kier alpha value is -3.16. The highest BCUT2D eigenvalue weighted by Crippen LogP contribution is 2.45. The summed E-state index contributed by atoms with van der Waals surface area (Å²) in [5.41, 5.74) is 6.24. The van der Waals surface area contributed by atoms with E-state index in [1.807, 2.05) is 30.3 Å². The van der Waals surface area contributed by atoms with E-state index >= 15 is 0 Å². The predicted octanol–water partition coefficient (Wildman–Crippen LogP) is 5.85. The highest BCUT2D eigenvalue weighted by Gasteiger charge is 2.43. The van der Waals surface area contributed by atoms with Crippen molar-refractivity contribution in [3.63, 3.8) is 0 Å². The van der Waals surface area contributed by atoms with Crippen molar-refractivity contribution >= 4 is 34.9 Å². The molecule has 3 amide bonds. The number of piperidine rings is 1. The zero-order valence-corrected chi connectivity index (χ0v) is 25.8. The van der Waals surface area contributed by atoms with E-state index < -0.39 is 6.04 Å². The largest absolute Gasteiger partial charge is 0.490 e. The number of allylic oxidation sites excluding steroid dienone is 1. The van der Waals surface area contributed by atoms with Crippen LogP contribution >= 0.6 is 11.6 Å². The first-order valence-electron chi connectivity index (χ1n) is 15.8. The second kappa shape index (κ2) is 11.1. The van der Waals surface area contributed by atoms with Crippen LogP contribution in [0.15, 0.2) is 48.0 Å². The molecule has 3 aliphatic heterocycles. The molecule has 2 saturated heterocycles. The zero-order chi connectivity index (χ0) is 29.9. The number of imide groups is 1. The van der Waals surface area contributed by atoms with E-state index in [2.05, 4.69) is 36.2 Å². The summed E-state index contributed by atoms with van der Waals surface area (Å²) in [5.74, 6) is 1.27. The number of likely N-dealkylation sites (tertiary alicyclic amines) is 1. The number of amides is 3. The van der Waals surface area contributed by atoms with Gasteiger partial charge in [-0.15, -0.1) is 0 Å². The zero-order valence-electron chi connectivity index (χ0n) is 25.0. The quantitative estimate of drug-likeness (QED) is 0.420. The number of nitrogens with zero attached hydrogens (tertiary/aromatic N) is 2. The van der Waals surface area contributed by atoms with Crippen molar-refractivity contribution in [3.8, 4) is 5.75 Å². The van der Waals surface area contributed by atoms with Gasteiger partial charge in [-0.05, 0) is 103 Å². The predicted molar refractivity (Wildman–Crippen MR) is 166 cm³/mol. The minimum atomic E-state index is -0.600. The molecule has 3 fully saturated rings. The van der Waals surface area contributed by atoms with Crippen molar-refractivity contribution in [2.24, 2.45) is 17.3 Å². The van der Waals surface area contributed by atoms with E-state index in [4.69, 9.17) is 16.3 Å². The van der Waals surface area contributed by atoms with Crippen LogP contribution in [0.1, 0.15) is 80.3 Å². The number of rotatable bonds is 6. The van der Waals surface area contributed by atoms with Crippen LogP contribution in [0.3, 0.4) is 0 Å². The molecular formula is C35H40ClN3O4. The summed E-state index contributed by atoms with van der Waals surface area (Å²) in [6.07, 6.45) is 6.40. The van der Waals surface area contributed by atoms with Crippen molar-refractivity contribution in [2.75, 3.05) is 19.6 Å². The molecule has 0 spiro atoms. The van der Waals surface area contributed by atoms with Crippen LogP contribution in [0.5, 0.6) is 5.75 Å². The van der Waals surface area contributed by atoms with Gasteiger partial charge in [-0.2, -0.15) is 0 Å². The Morgan fingerprint density at radius 3 is 2.47 bits per heavy atom. The van der Waals surface area contributed by atoms with Crippen molar-refractivity contribution in [1.29, 1.82) is 0 Å². The monoisotopic (exact) mass is 601 g/mol. The van der Waals surface area contributed by atoms with Crippen molar-refractivity contribution < 1.29 is 19.1 Å². The van der Waals surface area contributed by atoms with Gasteiger partial charge in [0.15, 0.2) is 0 Å². The number of hydrogen-bond acceptors (Lipinski definition) is 5. The Balaban J connectivity index is 0.968. The number of hydrogen-bond donors (Lipinski definition) is 1. The molecule has 1 saturated carbocycles. The molecule has 43 heavy (non-hydrogen) atoms. The van der Waals surface area contributed by atoms with Gasteiger partial charge in [0.2, 0.25) is 11.8 Å². The van der Waals surface area contributed by atoms with Crippen molar-refractivity contribution in [3.05, 3.63) is 69.8 Å². The number of halogens is 1. The number of carbonyl (C=O) groups excluding carboxylic acids is 3. The molecular weight excluding hydrogens is 562 g/mol. The number of carbonyl (C=O) groups is 3. The Kier molecular flexibility index (Phi) is 7.37. The molecule has 0 aromatic heterocycles. The van der Waals surface area contributed by atoms with Gasteiger partial charge in [0, 0.05) is 43.2 Å². The molecule has 3 atom stereocenters. The topological polar surface area (TPSA) is 79.0 Å². The summed E-state index contributed by atoms with van der Waals surface area (Å²) in [4.78, 5) is 41.2. The van der Waals surface area contributed by atoms with Gasteiger partial charge in [0.1, 0.15) is 11.8 Å². The molecule has 226 valence electrons. The van der Waals surface area contributed by atoms with Gasteiger partial charge in [-0.1, -0.05) is 43.2 Å². The molecule has 0 radical (unpaired) electrons. The first-order valence-corrected chi connectivity index (χ1v) is 16.1. The van der Waals surface area contributed by atoms with E-state index in [9.17, 15) is 14.4 Å². The lowest BCUT2D eigenvalue weighted by atomic mass is 9.72. The van der Waals surface area contributed by atoms with Gasteiger partial charge in [0.25, 0.3) is 5.91 Å². The van der Waals surface area contributed by atoms with Gasteiger partial charge >= 0.3 is 0 Å². The Morgan fingerprint density at radius 2 is 1.74 bits per heavy atom. The standard InChI is InChI=1S/C35H40ClN3O4/c1-35(2)12-11-22(30(16-35)21-3-5-26(36)6-4-21)17-38-18-23-13-28(14-24(23)19-38)43-27-7-8-29-25(15-27)20-39(34(29)42)31-9-10-32(40)37-33(31)41/h3-8,15,23-24,28,31H,9-14,16-20H2,1-2H3,(H,37,40,41)/t23-,24-,31?/m1/s1. The maximum Gasteiger partial charge on any atom is 0.255 e. The van der Waals surface area contributed by atoms with Crippen LogP contribution in [0.2, 0.25) is 5.02 Å². The highest BCUT2D eigenvalue weighted by atomic mass is 35.5. The molecule has 2 aromatic rings. The molecule has 1 unspecified atom stereocenters. The number of ether oxygens (including phenoxy) is 1. The van der Waals surface area contributed by atoms with E-state index in [0.29, 0.717) is 35.8 Å². The third-order valence-corrected chi connectivity index (χ3v) is 10.6. The second-order valence-electron chi connectivity index (χ2n) is 14.1. The van der Waals surface area contributed by atoms with Crippen LogP contribution < -0.4 is 10.1 Å². The maximum atomic E-state index is 13.0. The fourth-order valence-corrected chi connectivity index (χ4v) is 8.24. The number of fused-ring (bicyclic) bond motifs is 2. The molecule has 8 heteroatoms. The van der Waals surface area contributed by atoms with E-state index in [0.717, 1.165) is 61.7 Å². The molecule has 0 bridgehead atoms. The summed E-state index contributed by atoms with van der Waals surface area (Å²) in [7, 11) is 0. The first-order chi connectivity index (χ1) is 20.6. The molecule has 7 nitrogen and oxygen atoms in total. The summed E-state index contributed by atoms with van der Waals surface area (Å²) in [6.45, 7) is 8.42. The smallest absolute Gasteiger partial charge is 0.255 e. The molecule has 3 heterocycles. The summed E-state index contributed by atoms with van der Waals surface area (Å²) in [5, 5.41) is 3.15. The van der Waals surface area contributed by atoms with Gasteiger partial charge in [-0.25, -0.2) is 0 Å². The summed E-state index contributed by atoms with van der Waals surface area (Å²) >= 11 is 6.20. The minimum absolute atomic E-state index is 0.151. The van der Waals surface area contributed by atoms with Crippen LogP contribution in [0, 0.1) is 17.3 Å². The lowest BCUT2D eigenvalue weighted by molar-refractivity contribution is -0.136. The lowest BCUT2D eigenvalue weighted by Crippen LogP contribution is -2.52. The van der Waals surface area contributed by atoms with Crippen LogP contribution in [0.4, 0.5) is 0 Å². The normalized spacial score (nSPS) is 27.5. The van der Waals surface area contributed by atoms with Crippen LogP contribution in [-0.4, -0.2) is 59.3 Å². The van der Waals surface area contributed by atoms with Gasteiger partial charge < -0.3 is 9.64 Å². The fraction of sp³-hybridized carbons (Fsp3) is 0.514. The Labute approximate surface area is 258 Å². The summed E-state index contributed by atoms with van der Waals surface area (Å²) < 4.78 is 6.49. The van der Waals surface area contributed by atoms with E-state index in [1.165, 1.54) is 17.6 Å². The average molecular weight is 602 g/mol. The number of benzene rings is 2. The summed E-state index contributed by atoms with van der Waals surface area (Å²) in [6, 6.07) is 13.5. The van der Waals surface area contributed by atoms with E-state index in [1.54, 1.807) is 10.5 Å². The van der Waals surface area contributed by atoms with Crippen LogP contribution in [0.25, 0.3) is 5.57 Å². The Morgan fingerprint density at radius 1 is 1.00 bits per heavy atom.